The minimum Gasteiger partial charge on any atom is -0.352 e. The second kappa shape index (κ2) is 8.06. The number of nitrogens with one attached hydrogen (secondary N) is 1. The van der Waals surface area contributed by atoms with Gasteiger partial charge in [0.1, 0.15) is 5.82 Å². The van der Waals surface area contributed by atoms with Gasteiger partial charge in [-0.25, -0.2) is 4.39 Å². The highest BCUT2D eigenvalue weighted by Crippen LogP contribution is 2.13. The lowest BCUT2D eigenvalue weighted by atomic mass is 10.1. The molecular formula is C20H23FN2O. The summed E-state index contributed by atoms with van der Waals surface area (Å²) in [6.45, 7) is 3.85. The first-order valence-electron chi connectivity index (χ1n) is 8.55. The molecule has 4 heteroatoms. The Morgan fingerprint density at radius 3 is 2.25 bits per heavy atom. The SMILES string of the molecule is O=C(NCCc1ccc(F)cc1)c1ccc(CN2CCCC2)cc1. The number of hydrogen-bond donors (Lipinski definition) is 1. The van der Waals surface area contributed by atoms with Crippen molar-refractivity contribution in [3.8, 4) is 0 Å². The molecule has 0 bridgehead atoms. The molecule has 1 fully saturated rings. The predicted octanol–water partition coefficient (Wildman–Crippen LogP) is 3.39. The number of likely N-dealkylation sites (tertiary alicyclic amines) is 1. The van der Waals surface area contributed by atoms with Gasteiger partial charge in [0, 0.05) is 18.7 Å². The van der Waals surface area contributed by atoms with Crippen LogP contribution in [0.1, 0.15) is 34.3 Å². The highest BCUT2D eigenvalue weighted by Gasteiger charge is 2.12. The number of carbonyl (C=O) groups is 1. The molecule has 3 nitrogen and oxygen atoms in total. The van der Waals surface area contributed by atoms with Gasteiger partial charge in [-0.3, -0.25) is 9.69 Å². The molecule has 0 aromatic heterocycles. The van der Waals surface area contributed by atoms with Gasteiger partial charge >= 0.3 is 0 Å². The zero-order valence-electron chi connectivity index (χ0n) is 13.8. The van der Waals surface area contributed by atoms with E-state index in [1.165, 1.54) is 43.6 Å². The van der Waals surface area contributed by atoms with Crippen LogP contribution in [0.3, 0.4) is 0 Å². The first-order valence-corrected chi connectivity index (χ1v) is 8.55. The molecule has 2 aromatic carbocycles. The maximum absolute atomic E-state index is 12.8. The normalized spacial score (nSPS) is 14.7. The first-order chi connectivity index (χ1) is 11.7. The van der Waals surface area contributed by atoms with Crippen molar-refractivity contribution in [1.82, 2.24) is 10.2 Å². The van der Waals surface area contributed by atoms with Crippen molar-refractivity contribution >= 4 is 5.91 Å². The largest absolute Gasteiger partial charge is 0.352 e. The Kier molecular flexibility index (Phi) is 5.59. The molecule has 0 saturated carbocycles. The molecule has 0 atom stereocenters. The van der Waals surface area contributed by atoms with E-state index in [1.54, 1.807) is 12.1 Å². The topological polar surface area (TPSA) is 32.3 Å². The van der Waals surface area contributed by atoms with Crippen LogP contribution in [0.5, 0.6) is 0 Å². The molecule has 1 aliphatic rings. The van der Waals surface area contributed by atoms with Gasteiger partial charge in [0.15, 0.2) is 0 Å². The lowest BCUT2D eigenvalue weighted by Gasteiger charge is -2.14. The van der Waals surface area contributed by atoms with Crippen molar-refractivity contribution in [2.45, 2.75) is 25.8 Å². The van der Waals surface area contributed by atoms with Crippen molar-refractivity contribution in [2.24, 2.45) is 0 Å². The Bertz CT molecular complexity index is 661. The van der Waals surface area contributed by atoms with Gasteiger partial charge in [0.05, 0.1) is 0 Å². The van der Waals surface area contributed by atoms with E-state index < -0.39 is 0 Å². The molecule has 0 spiro atoms. The van der Waals surface area contributed by atoms with Gasteiger partial charge < -0.3 is 5.32 Å². The van der Waals surface area contributed by atoms with Crippen LogP contribution in [0.15, 0.2) is 48.5 Å². The zero-order valence-corrected chi connectivity index (χ0v) is 13.8. The van der Waals surface area contributed by atoms with E-state index in [0.717, 1.165) is 12.1 Å². The molecule has 1 N–H and O–H groups in total. The molecule has 3 rings (SSSR count). The molecule has 24 heavy (non-hydrogen) atoms. The minimum atomic E-state index is -0.239. The number of carbonyl (C=O) groups excluding carboxylic acids is 1. The van der Waals surface area contributed by atoms with E-state index in [1.807, 2.05) is 24.3 Å². The Labute approximate surface area is 142 Å². The smallest absolute Gasteiger partial charge is 0.251 e. The van der Waals surface area contributed by atoms with Crippen molar-refractivity contribution in [2.75, 3.05) is 19.6 Å². The lowest BCUT2D eigenvalue weighted by molar-refractivity contribution is 0.0954. The number of nitrogens with zero attached hydrogens (tertiary/aromatic N) is 1. The summed E-state index contributed by atoms with van der Waals surface area (Å²) in [5, 5.41) is 2.91. The predicted molar refractivity (Wildman–Crippen MR) is 93.4 cm³/mol. The van der Waals surface area contributed by atoms with Crippen molar-refractivity contribution in [3.05, 3.63) is 71.0 Å². The summed E-state index contributed by atoms with van der Waals surface area (Å²) in [5.74, 6) is -0.304. The van der Waals surface area contributed by atoms with Crippen LogP contribution in [0.25, 0.3) is 0 Å². The van der Waals surface area contributed by atoms with Gasteiger partial charge in [-0.05, 0) is 67.7 Å². The highest BCUT2D eigenvalue weighted by molar-refractivity contribution is 5.94. The molecule has 1 heterocycles. The van der Waals surface area contributed by atoms with E-state index >= 15 is 0 Å². The number of amides is 1. The van der Waals surface area contributed by atoms with Crippen LogP contribution in [0, 0.1) is 5.82 Å². The van der Waals surface area contributed by atoms with Crippen LogP contribution in [0.4, 0.5) is 4.39 Å². The lowest BCUT2D eigenvalue weighted by Crippen LogP contribution is -2.25. The quantitative estimate of drug-likeness (QED) is 0.882. The average molecular weight is 326 g/mol. The Morgan fingerprint density at radius 1 is 0.958 bits per heavy atom. The Balaban J connectivity index is 1.46. The van der Waals surface area contributed by atoms with Gasteiger partial charge in [-0.15, -0.1) is 0 Å². The summed E-state index contributed by atoms with van der Waals surface area (Å²) < 4.78 is 12.8. The van der Waals surface area contributed by atoms with Crippen molar-refractivity contribution < 1.29 is 9.18 Å². The second-order valence-electron chi connectivity index (χ2n) is 6.31. The maximum atomic E-state index is 12.8. The van der Waals surface area contributed by atoms with Crippen LogP contribution >= 0.6 is 0 Å². The van der Waals surface area contributed by atoms with Gasteiger partial charge in [-0.2, -0.15) is 0 Å². The third kappa shape index (κ3) is 4.65. The van der Waals surface area contributed by atoms with E-state index in [2.05, 4.69) is 10.2 Å². The molecule has 0 radical (unpaired) electrons. The fourth-order valence-electron chi connectivity index (χ4n) is 3.03. The van der Waals surface area contributed by atoms with Crippen LogP contribution in [-0.2, 0) is 13.0 Å². The number of benzene rings is 2. The van der Waals surface area contributed by atoms with E-state index in [9.17, 15) is 9.18 Å². The van der Waals surface area contributed by atoms with Gasteiger partial charge in [0.25, 0.3) is 5.91 Å². The average Bonchev–Trinajstić information content (AvgIpc) is 3.10. The summed E-state index contributed by atoms with van der Waals surface area (Å²) in [7, 11) is 0. The van der Waals surface area contributed by atoms with Crippen LogP contribution < -0.4 is 5.32 Å². The molecule has 1 saturated heterocycles. The van der Waals surface area contributed by atoms with E-state index in [0.29, 0.717) is 18.5 Å². The second-order valence-corrected chi connectivity index (χ2v) is 6.31. The Morgan fingerprint density at radius 2 is 1.58 bits per heavy atom. The molecule has 126 valence electrons. The zero-order chi connectivity index (χ0) is 16.8. The summed E-state index contributed by atoms with van der Waals surface area (Å²) >= 11 is 0. The monoisotopic (exact) mass is 326 g/mol. The molecule has 1 aliphatic heterocycles. The third-order valence-corrected chi connectivity index (χ3v) is 4.43. The van der Waals surface area contributed by atoms with Crippen molar-refractivity contribution in [1.29, 1.82) is 0 Å². The van der Waals surface area contributed by atoms with Crippen molar-refractivity contribution in [3.63, 3.8) is 0 Å². The molecule has 2 aromatic rings. The number of rotatable bonds is 6. The first kappa shape index (κ1) is 16.7. The molecule has 0 unspecified atom stereocenters. The Hall–Kier alpha value is -2.20. The van der Waals surface area contributed by atoms with Crippen LogP contribution in [0.2, 0.25) is 0 Å². The molecule has 1 amide bonds. The van der Waals surface area contributed by atoms with Gasteiger partial charge in [-0.1, -0.05) is 24.3 Å². The fourth-order valence-corrected chi connectivity index (χ4v) is 3.03. The highest BCUT2D eigenvalue weighted by atomic mass is 19.1. The minimum absolute atomic E-state index is 0.0650. The van der Waals surface area contributed by atoms with Crippen LogP contribution in [-0.4, -0.2) is 30.4 Å². The van der Waals surface area contributed by atoms with E-state index in [-0.39, 0.29) is 11.7 Å². The summed E-state index contributed by atoms with van der Waals surface area (Å²) in [5.41, 5.74) is 2.94. The standard InChI is InChI=1S/C20H23FN2O/c21-19-9-5-16(6-10-19)11-12-22-20(24)18-7-3-17(4-8-18)15-23-13-1-2-14-23/h3-10H,1-2,11-15H2,(H,22,24). The number of halogens is 1. The fraction of sp³-hybridized carbons (Fsp3) is 0.350. The summed E-state index contributed by atoms with van der Waals surface area (Å²) in [4.78, 5) is 14.6. The third-order valence-electron chi connectivity index (χ3n) is 4.43. The summed E-state index contributed by atoms with van der Waals surface area (Å²) in [6.07, 6.45) is 3.27. The van der Waals surface area contributed by atoms with Gasteiger partial charge in [0.2, 0.25) is 0 Å². The van der Waals surface area contributed by atoms with E-state index in [4.69, 9.17) is 0 Å². The molecular weight excluding hydrogens is 303 g/mol. The maximum Gasteiger partial charge on any atom is 0.251 e. The number of hydrogen-bond acceptors (Lipinski definition) is 2. The summed E-state index contributed by atoms with van der Waals surface area (Å²) in [6, 6.07) is 14.2. The molecule has 0 aliphatic carbocycles.